The number of carbonyl (C=O) groups excluding carboxylic acids is 2. The molecule has 0 unspecified atom stereocenters. The first-order valence-corrected chi connectivity index (χ1v) is 9.29. The third-order valence-electron chi connectivity index (χ3n) is 4.51. The van der Waals surface area contributed by atoms with E-state index in [2.05, 4.69) is 33.1 Å². The quantitative estimate of drug-likeness (QED) is 0.327. The SMILES string of the molecule is CN=C(NCc1ccccc1)NCc1ccc(C(=O)N2CCNC(=O)C2)cc1.I. The second-order valence-corrected chi connectivity index (χ2v) is 6.54. The number of amides is 2. The van der Waals surface area contributed by atoms with Crippen molar-refractivity contribution in [3.8, 4) is 0 Å². The van der Waals surface area contributed by atoms with Crippen LogP contribution in [0.15, 0.2) is 59.6 Å². The highest BCUT2D eigenvalue weighted by Gasteiger charge is 2.22. The molecule has 3 rings (SSSR count). The summed E-state index contributed by atoms with van der Waals surface area (Å²) in [4.78, 5) is 29.7. The van der Waals surface area contributed by atoms with E-state index in [1.165, 1.54) is 5.56 Å². The molecule has 29 heavy (non-hydrogen) atoms. The Morgan fingerprint density at radius 3 is 2.24 bits per heavy atom. The molecular weight excluding hydrogens is 481 g/mol. The summed E-state index contributed by atoms with van der Waals surface area (Å²) in [5.41, 5.74) is 2.81. The second kappa shape index (κ2) is 11.4. The number of carbonyl (C=O) groups is 2. The van der Waals surface area contributed by atoms with Crippen LogP contribution < -0.4 is 16.0 Å². The first kappa shape index (κ1) is 22.7. The van der Waals surface area contributed by atoms with Crippen LogP contribution in [0.3, 0.4) is 0 Å². The van der Waals surface area contributed by atoms with Crippen molar-refractivity contribution in [2.75, 3.05) is 26.7 Å². The topological polar surface area (TPSA) is 85.8 Å². The van der Waals surface area contributed by atoms with E-state index in [1.807, 2.05) is 30.3 Å². The number of guanidine groups is 1. The molecule has 2 aromatic carbocycles. The van der Waals surface area contributed by atoms with Crippen molar-refractivity contribution in [2.45, 2.75) is 13.1 Å². The zero-order valence-electron chi connectivity index (χ0n) is 16.4. The lowest BCUT2D eigenvalue weighted by molar-refractivity contribution is -0.123. The maximum atomic E-state index is 12.5. The average molecular weight is 507 g/mol. The summed E-state index contributed by atoms with van der Waals surface area (Å²) in [5.74, 6) is 0.479. The summed E-state index contributed by atoms with van der Waals surface area (Å²) in [6.07, 6.45) is 0. The first-order valence-electron chi connectivity index (χ1n) is 9.29. The molecule has 1 aliphatic rings. The predicted octanol–water partition coefficient (Wildman–Crippen LogP) is 1.74. The second-order valence-electron chi connectivity index (χ2n) is 6.54. The Balaban J connectivity index is 0.00000300. The van der Waals surface area contributed by atoms with Crippen LogP contribution >= 0.6 is 24.0 Å². The van der Waals surface area contributed by atoms with E-state index >= 15 is 0 Å². The minimum atomic E-state index is -0.116. The largest absolute Gasteiger partial charge is 0.353 e. The van der Waals surface area contributed by atoms with E-state index in [-0.39, 0.29) is 42.3 Å². The van der Waals surface area contributed by atoms with Gasteiger partial charge in [0.2, 0.25) is 5.91 Å². The molecule has 3 N–H and O–H groups in total. The fourth-order valence-corrected chi connectivity index (χ4v) is 2.95. The Bertz CT molecular complexity index is 840. The Kier molecular flexibility index (Phi) is 8.91. The van der Waals surface area contributed by atoms with Crippen LogP contribution in [0, 0.1) is 0 Å². The standard InChI is InChI=1S/C21H25N5O2.HI/c1-22-21(24-13-16-5-3-2-4-6-16)25-14-17-7-9-18(10-8-17)20(28)26-12-11-23-19(27)15-26;/h2-10H,11-15H2,1H3,(H,23,27)(H2,22,24,25);1H. The smallest absolute Gasteiger partial charge is 0.254 e. The van der Waals surface area contributed by atoms with Crippen LogP contribution in [-0.4, -0.2) is 49.4 Å². The van der Waals surface area contributed by atoms with Gasteiger partial charge in [-0.15, -0.1) is 24.0 Å². The predicted molar refractivity (Wildman–Crippen MR) is 124 cm³/mol. The average Bonchev–Trinajstić information content (AvgIpc) is 2.74. The highest BCUT2D eigenvalue weighted by Crippen LogP contribution is 2.09. The monoisotopic (exact) mass is 507 g/mol. The fraction of sp³-hybridized carbons (Fsp3) is 0.286. The summed E-state index contributed by atoms with van der Waals surface area (Å²) >= 11 is 0. The molecule has 2 amide bonds. The minimum Gasteiger partial charge on any atom is -0.353 e. The summed E-state index contributed by atoms with van der Waals surface area (Å²) < 4.78 is 0. The fourth-order valence-electron chi connectivity index (χ4n) is 2.95. The molecule has 1 aliphatic heterocycles. The number of nitrogens with one attached hydrogen (secondary N) is 3. The summed E-state index contributed by atoms with van der Waals surface area (Å²) in [6, 6.07) is 17.5. The van der Waals surface area contributed by atoms with Crippen molar-refractivity contribution in [1.82, 2.24) is 20.9 Å². The van der Waals surface area contributed by atoms with E-state index < -0.39 is 0 Å². The number of piperazine rings is 1. The molecule has 2 aromatic rings. The molecule has 7 nitrogen and oxygen atoms in total. The third kappa shape index (κ3) is 6.74. The van der Waals surface area contributed by atoms with E-state index in [0.29, 0.717) is 37.7 Å². The van der Waals surface area contributed by atoms with Crippen LogP contribution in [0.4, 0.5) is 0 Å². The van der Waals surface area contributed by atoms with Crippen LogP contribution in [0.2, 0.25) is 0 Å². The summed E-state index contributed by atoms with van der Waals surface area (Å²) in [5, 5.41) is 9.26. The van der Waals surface area contributed by atoms with Gasteiger partial charge in [-0.05, 0) is 23.3 Å². The van der Waals surface area contributed by atoms with Gasteiger partial charge in [0.15, 0.2) is 5.96 Å². The molecule has 0 aliphatic carbocycles. The maximum absolute atomic E-state index is 12.5. The molecule has 0 radical (unpaired) electrons. The Hall–Kier alpha value is -2.62. The number of rotatable bonds is 5. The van der Waals surface area contributed by atoms with Gasteiger partial charge in [0.1, 0.15) is 0 Å². The van der Waals surface area contributed by atoms with Crippen LogP contribution in [0.25, 0.3) is 0 Å². The van der Waals surface area contributed by atoms with Gasteiger partial charge < -0.3 is 20.9 Å². The number of hydrogen-bond donors (Lipinski definition) is 3. The minimum absolute atomic E-state index is 0. The van der Waals surface area contributed by atoms with Gasteiger partial charge in [0.05, 0.1) is 6.54 Å². The number of halogens is 1. The molecule has 0 saturated carbocycles. The number of benzene rings is 2. The molecule has 0 atom stereocenters. The van der Waals surface area contributed by atoms with Gasteiger partial charge >= 0.3 is 0 Å². The Labute approximate surface area is 188 Å². The van der Waals surface area contributed by atoms with Crippen molar-refractivity contribution >= 4 is 41.8 Å². The normalized spacial score (nSPS) is 13.9. The first-order chi connectivity index (χ1) is 13.7. The highest BCUT2D eigenvalue weighted by molar-refractivity contribution is 14.0. The van der Waals surface area contributed by atoms with Crippen LogP contribution in [0.1, 0.15) is 21.5 Å². The number of aliphatic imine (C=N–C) groups is 1. The molecule has 8 heteroatoms. The van der Waals surface area contributed by atoms with Crippen molar-refractivity contribution < 1.29 is 9.59 Å². The van der Waals surface area contributed by atoms with Crippen molar-refractivity contribution in [2.24, 2.45) is 4.99 Å². The van der Waals surface area contributed by atoms with Crippen molar-refractivity contribution in [1.29, 1.82) is 0 Å². The third-order valence-corrected chi connectivity index (χ3v) is 4.51. The Morgan fingerprint density at radius 1 is 1.03 bits per heavy atom. The molecule has 1 saturated heterocycles. The number of hydrogen-bond acceptors (Lipinski definition) is 3. The van der Waals surface area contributed by atoms with Gasteiger partial charge in [-0.3, -0.25) is 14.6 Å². The molecule has 0 spiro atoms. The van der Waals surface area contributed by atoms with Crippen molar-refractivity contribution in [3.63, 3.8) is 0 Å². The molecule has 1 heterocycles. The number of nitrogens with zero attached hydrogens (tertiary/aromatic N) is 2. The summed E-state index contributed by atoms with van der Waals surface area (Å²) in [7, 11) is 1.73. The van der Waals surface area contributed by atoms with Gasteiger partial charge in [-0.2, -0.15) is 0 Å². The lowest BCUT2D eigenvalue weighted by atomic mass is 10.1. The van der Waals surface area contributed by atoms with Gasteiger partial charge in [0, 0.05) is 38.8 Å². The Morgan fingerprint density at radius 2 is 1.66 bits per heavy atom. The molecular formula is C21H26IN5O2. The summed E-state index contributed by atoms with van der Waals surface area (Å²) in [6.45, 7) is 2.44. The molecule has 154 valence electrons. The van der Waals surface area contributed by atoms with Crippen molar-refractivity contribution in [3.05, 3.63) is 71.3 Å². The zero-order valence-corrected chi connectivity index (χ0v) is 18.7. The van der Waals surface area contributed by atoms with E-state index in [1.54, 1.807) is 24.1 Å². The van der Waals surface area contributed by atoms with Gasteiger partial charge in [0.25, 0.3) is 5.91 Å². The highest BCUT2D eigenvalue weighted by atomic mass is 127. The van der Waals surface area contributed by atoms with E-state index in [0.717, 1.165) is 5.56 Å². The lowest BCUT2D eigenvalue weighted by Crippen LogP contribution is -2.49. The molecule has 0 aromatic heterocycles. The lowest BCUT2D eigenvalue weighted by Gasteiger charge is -2.26. The van der Waals surface area contributed by atoms with Crippen LogP contribution in [-0.2, 0) is 17.9 Å². The van der Waals surface area contributed by atoms with Crippen LogP contribution in [0.5, 0.6) is 0 Å². The zero-order chi connectivity index (χ0) is 19.8. The van der Waals surface area contributed by atoms with Gasteiger partial charge in [-0.1, -0.05) is 42.5 Å². The van der Waals surface area contributed by atoms with E-state index in [4.69, 9.17) is 0 Å². The maximum Gasteiger partial charge on any atom is 0.254 e. The molecule has 1 fully saturated rings. The molecule has 0 bridgehead atoms. The van der Waals surface area contributed by atoms with E-state index in [9.17, 15) is 9.59 Å². The van der Waals surface area contributed by atoms with Gasteiger partial charge in [-0.25, -0.2) is 0 Å².